The largest absolute Gasteiger partial charge is 0.356 e. The van der Waals surface area contributed by atoms with E-state index in [4.69, 9.17) is 0 Å². The summed E-state index contributed by atoms with van der Waals surface area (Å²) in [5.74, 6) is 1.49. The fourth-order valence-electron chi connectivity index (χ4n) is 3.75. The molecule has 0 saturated carbocycles. The average Bonchev–Trinajstić information content (AvgIpc) is 3.29. The van der Waals surface area contributed by atoms with Crippen LogP contribution in [0.25, 0.3) is 11.5 Å². The van der Waals surface area contributed by atoms with Crippen LogP contribution in [0.5, 0.6) is 0 Å². The normalized spacial score (nSPS) is 11.2. The Kier molecular flexibility index (Phi) is 6.06. The van der Waals surface area contributed by atoms with E-state index in [2.05, 4.69) is 37.8 Å². The molecule has 1 amide bonds. The Morgan fingerprint density at radius 3 is 2.58 bits per heavy atom. The molecule has 3 heterocycles. The van der Waals surface area contributed by atoms with Crippen molar-refractivity contribution in [2.24, 2.45) is 0 Å². The van der Waals surface area contributed by atoms with E-state index in [-0.39, 0.29) is 5.91 Å². The van der Waals surface area contributed by atoms with E-state index >= 15 is 0 Å². The number of hydrogen-bond acceptors (Lipinski definition) is 5. The summed E-state index contributed by atoms with van der Waals surface area (Å²) < 4.78 is 3.52. The molecular formula is C23H27N7O. The molecule has 0 spiro atoms. The summed E-state index contributed by atoms with van der Waals surface area (Å²) in [5.41, 5.74) is 4.99. The number of carbonyl (C=O) groups excluding carboxylic acids is 1. The van der Waals surface area contributed by atoms with Gasteiger partial charge in [-0.05, 0) is 63.3 Å². The van der Waals surface area contributed by atoms with Gasteiger partial charge in [0.25, 0.3) is 0 Å². The average molecular weight is 418 g/mol. The number of amides is 1. The number of carbonyl (C=O) groups is 1. The fraction of sp³-hybridized carbons (Fsp3) is 0.348. The van der Waals surface area contributed by atoms with E-state index in [0.717, 1.165) is 35.6 Å². The fourth-order valence-corrected chi connectivity index (χ4v) is 3.75. The predicted molar refractivity (Wildman–Crippen MR) is 118 cm³/mol. The lowest BCUT2D eigenvalue weighted by atomic mass is 10.1. The second kappa shape index (κ2) is 9.07. The molecule has 8 heteroatoms. The Labute approximate surface area is 181 Å². The highest BCUT2D eigenvalue weighted by Gasteiger charge is 2.16. The molecule has 1 aromatic carbocycles. The molecule has 1 N–H and O–H groups in total. The first-order chi connectivity index (χ1) is 15.0. The molecule has 0 aliphatic rings. The van der Waals surface area contributed by atoms with Gasteiger partial charge in [0.1, 0.15) is 0 Å². The number of fused-ring (bicyclic) bond motifs is 1. The highest BCUT2D eigenvalue weighted by molar-refractivity contribution is 5.76. The Morgan fingerprint density at radius 1 is 0.968 bits per heavy atom. The van der Waals surface area contributed by atoms with Gasteiger partial charge in [-0.3, -0.25) is 4.79 Å². The number of nitrogens with zero attached hydrogens (tertiary/aromatic N) is 6. The van der Waals surface area contributed by atoms with Crippen molar-refractivity contribution in [3.8, 4) is 5.82 Å². The zero-order chi connectivity index (χ0) is 21.8. The SMILES string of the molecule is Cc1nn(-c2ccc3nnc(C)n3n2)c(C)c1CCC(=O)NCCCc1ccccc1. The summed E-state index contributed by atoms with van der Waals surface area (Å²) in [6, 6.07) is 14.1. The summed E-state index contributed by atoms with van der Waals surface area (Å²) in [5, 5.41) is 20.4. The highest BCUT2D eigenvalue weighted by Crippen LogP contribution is 2.19. The van der Waals surface area contributed by atoms with Gasteiger partial charge >= 0.3 is 0 Å². The number of benzene rings is 1. The van der Waals surface area contributed by atoms with Gasteiger partial charge in [0, 0.05) is 18.7 Å². The van der Waals surface area contributed by atoms with Crippen molar-refractivity contribution in [3.05, 3.63) is 70.8 Å². The van der Waals surface area contributed by atoms with Crippen LogP contribution < -0.4 is 5.32 Å². The Hall–Kier alpha value is -3.55. The first-order valence-corrected chi connectivity index (χ1v) is 10.6. The van der Waals surface area contributed by atoms with Crippen molar-refractivity contribution in [3.63, 3.8) is 0 Å². The van der Waals surface area contributed by atoms with Crippen LogP contribution >= 0.6 is 0 Å². The monoisotopic (exact) mass is 417 g/mol. The van der Waals surface area contributed by atoms with Crippen molar-refractivity contribution in [2.75, 3.05) is 6.54 Å². The van der Waals surface area contributed by atoms with Gasteiger partial charge in [-0.1, -0.05) is 30.3 Å². The van der Waals surface area contributed by atoms with E-state index in [1.807, 2.05) is 55.8 Å². The van der Waals surface area contributed by atoms with Crippen LogP contribution in [-0.4, -0.2) is 42.0 Å². The van der Waals surface area contributed by atoms with E-state index in [0.29, 0.717) is 30.9 Å². The topological polar surface area (TPSA) is 90.0 Å². The first kappa shape index (κ1) is 20.7. The van der Waals surface area contributed by atoms with Crippen LogP contribution in [0.2, 0.25) is 0 Å². The lowest BCUT2D eigenvalue weighted by molar-refractivity contribution is -0.121. The molecular weight excluding hydrogens is 390 g/mol. The second-order valence-electron chi connectivity index (χ2n) is 7.71. The number of aryl methyl sites for hydroxylation is 3. The second-order valence-corrected chi connectivity index (χ2v) is 7.71. The van der Waals surface area contributed by atoms with Crippen LogP contribution in [-0.2, 0) is 17.6 Å². The van der Waals surface area contributed by atoms with E-state index in [1.54, 1.807) is 4.52 Å². The predicted octanol–water partition coefficient (Wildman–Crippen LogP) is 2.92. The number of hydrogen-bond donors (Lipinski definition) is 1. The highest BCUT2D eigenvalue weighted by atomic mass is 16.1. The third kappa shape index (κ3) is 4.63. The zero-order valence-electron chi connectivity index (χ0n) is 18.2. The molecule has 4 aromatic rings. The zero-order valence-corrected chi connectivity index (χ0v) is 18.2. The smallest absolute Gasteiger partial charge is 0.220 e. The molecule has 4 rings (SSSR count). The van der Waals surface area contributed by atoms with Crippen LogP contribution in [0.4, 0.5) is 0 Å². The standard InChI is InChI=1S/C23H27N7O/c1-16-20(11-14-23(31)24-15-7-10-19-8-5-4-6-9-19)17(2)29(27-16)22-13-12-21-26-25-18(3)30(21)28-22/h4-6,8-9,12-13H,7,10-11,14-15H2,1-3H3,(H,24,31). The quantitative estimate of drug-likeness (QED) is 0.445. The number of nitrogens with one attached hydrogen (secondary N) is 1. The van der Waals surface area contributed by atoms with Gasteiger partial charge < -0.3 is 5.32 Å². The summed E-state index contributed by atoms with van der Waals surface area (Å²) in [6.07, 6.45) is 2.99. The molecule has 0 aliphatic carbocycles. The van der Waals surface area contributed by atoms with Crippen LogP contribution in [0.1, 0.15) is 41.2 Å². The van der Waals surface area contributed by atoms with Gasteiger partial charge in [-0.25, -0.2) is 4.68 Å². The summed E-state index contributed by atoms with van der Waals surface area (Å²) >= 11 is 0. The van der Waals surface area contributed by atoms with Gasteiger partial charge in [0.15, 0.2) is 17.3 Å². The third-order valence-electron chi connectivity index (χ3n) is 5.47. The minimum absolute atomic E-state index is 0.0688. The van der Waals surface area contributed by atoms with Crippen molar-refractivity contribution in [1.29, 1.82) is 0 Å². The van der Waals surface area contributed by atoms with Crippen molar-refractivity contribution >= 4 is 11.6 Å². The van der Waals surface area contributed by atoms with Gasteiger partial charge in [0.2, 0.25) is 5.91 Å². The maximum Gasteiger partial charge on any atom is 0.220 e. The maximum atomic E-state index is 12.3. The molecule has 0 fully saturated rings. The maximum absolute atomic E-state index is 12.3. The molecule has 0 saturated heterocycles. The number of rotatable bonds is 8. The van der Waals surface area contributed by atoms with E-state index in [1.165, 1.54) is 5.56 Å². The molecule has 0 atom stereocenters. The van der Waals surface area contributed by atoms with Gasteiger partial charge in [-0.2, -0.15) is 9.61 Å². The molecule has 0 aliphatic heterocycles. The molecule has 3 aromatic heterocycles. The first-order valence-electron chi connectivity index (χ1n) is 10.6. The molecule has 0 radical (unpaired) electrons. The van der Waals surface area contributed by atoms with E-state index < -0.39 is 0 Å². The molecule has 160 valence electrons. The Morgan fingerprint density at radius 2 is 1.77 bits per heavy atom. The lowest BCUT2D eigenvalue weighted by Crippen LogP contribution is -2.25. The molecule has 8 nitrogen and oxygen atoms in total. The summed E-state index contributed by atoms with van der Waals surface area (Å²) in [4.78, 5) is 12.3. The summed E-state index contributed by atoms with van der Waals surface area (Å²) in [6.45, 7) is 6.53. The minimum Gasteiger partial charge on any atom is -0.356 e. The van der Waals surface area contributed by atoms with Gasteiger partial charge in [-0.15, -0.1) is 15.3 Å². The van der Waals surface area contributed by atoms with E-state index in [9.17, 15) is 4.79 Å². The lowest BCUT2D eigenvalue weighted by Gasteiger charge is -2.07. The van der Waals surface area contributed by atoms with Crippen LogP contribution in [0.3, 0.4) is 0 Å². The van der Waals surface area contributed by atoms with Crippen molar-refractivity contribution in [2.45, 2.75) is 46.5 Å². The summed E-state index contributed by atoms with van der Waals surface area (Å²) in [7, 11) is 0. The third-order valence-corrected chi connectivity index (χ3v) is 5.47. The number of aromatic nitrogens is 6. The molecule has 0 bridgehead atoms. The molecule has 31 heavy (non-hydrogen) atoms. The van der Waals surface area contributed by atoms with Gasteiger partial charge in [0.05, 0.1) is 5.69 Å². The Bertz CT molecular complexity index is 1190. The van der Waals surface area contributed by atoms with Crippen LogP contribution in [0, 0.1) is 20.8 Å². The minimum atomic E-state index is 0.0688. The van der Waals surface area contributed by atoms with Crippen molar-refractivity contribution in [1.82, 2.24) is 34.9 Å². The van der Waals surface area contributed by atoms with Crippen molar-refractivity contribution < 1.29 is 4.79 Å². The Balaban J connectivity index is 1.35. The molecule has 0 unspecified atom stereocenters. The van der Waals surface area contributed by atoms with Crippen LogP contribution in [0.15, 0.2) is 42.5 Å².